The molecule has 0 bridgehead atoms. The second kappa shape index (κ2) is 14.8. The van der Waals surface area contributed by atoms with Crippen molar-refractivity contribution < 1.29 is 0 Å². The van der Waals surface area contributed by atoms with Crippen molar-refractivity contribution in [2.24, 2.45) is 0 Å². The summed E-state index contributed by atoms with van der Waals surface area (Å²) in [5.74, 6) is 0. The van der Waals surface area contributed by atoms with E-state index >= 15 is 0 Å². The molecule has 1 aliphatic rings. The molecule has 180 valence electrons. The molecule has 0 aromatic rings. The summed E-state index contributed by atoms with van der Waals surface area (Å²) in [5.41, 5.74) is 0. The van der Waals surface area contributed by atoms with Gasteiger partial charge in [-0.25, -0.2) is 0 Å². The van der Waals surface area contributed by atoms with Crippen LogP contribution in [0.25, 0.3) is 0 Å². The van der Waals surface area contributed by atoms with Crippen LogP contribution in [0.15, 0.2) is 0 Å². The van der Waals surface area contributed by atoms with Crippen LogP contribution >= 0.6 is 0 Å². The van der Waals surface area contributed by atoms with Crippen LogP contribution in [-0.4, -0.2) is 107 Å². The quantitative estimate of drug-likeness (QED) is 0.391. The van der Waals surface area contributed by atoms with E-state index in [1.807, 2.05) is 0 Å². The topological polar surface area (TPSA) is 19.4 Å². The second-order valence-electron chi connectivity index (χ2n) is 8.52. The molecule has 0 spiro atoms. The molecule has 30 heavy (non-hydrogen) atoms. The van der Waals surface area contributed by atoms with Crippen molar-refractivity contribution in [3.63, 3.8) is 0 Å². The third-order valence-corrected chi connectivity index (χ3v) is 7.15. The molecular weight excluding hydrogens is 372 g/mol. The molecule has 0 radical (unpaired) electrons. The summed E-state index contributed by atoms with van der Waals surface area (Å²) in [7, 11) is 0. The van der Waals surface area contributed by atoms with Gasteiger partial charge in [0.2, 0.25) is 0 Å². The lowest BCUT2D eigenvalue weighted by Gasteiger charge is -2.54. The van der Waals surface area contributed by atoms with Crippen LogP contribution in [0.3, 0.4) is 0 Å². The van der Waals surface area contributed by atoms with Gasteiger partial charge in [-0.05, 0) is 58.5 Å². The van der Waals surface area contributed by atoms with Gasteiger partial charge in [-0.2, -0.15) is 0 Å². The lowest BCUT2D eigenvalue weighted by Crippen LogP contribution is -2.67. The highest BCUT2D eigenvalue weighted by Gasteiger charge is 2.37. The van der Waals surface area contributed by atoms with E-state index in [1.165, 1.54) is 19.3 Å². The Morgan fingerprint density at radius 3 is 0.767 bits per heavy atom. The van der Waals surface area contributed by atoms with Crippen molar-refractivity contribution in [1.29, 1.82) is 0 Å². The zero-order chi connectivity index (χ0) is 22.7. The minimum absolute atomic E-state index is 0.508. The van der Waals surface area contributed by atoms with Gasteiger partial charge < -0.3 is 0 Å². The summed E-state index contributed by atoms with van der Waals surface area (Å²) in [6.07, 6.45) is 5.05. The van der Waals surface area contributed by atoms with Crippen LogP contribution in [-0.2, 0) is 0 Å². The van der Waals surface area contributed by atoms with Gasteiger partial charge in [0.15, 0.2) is 0 Å². The van der Waals surface area contributed by atoms with Gasteiger partial charge in [-0.1, -0.05) is 62.3 Å². The fourth-order valence-corrected chi connectivity index (χ4v) is 5.58. The van der Waals surface area contributed by atoms with Gasteiger partial charge in [0.05, 0.1) is 38.5 Å². The van der Waals surface area contributed by atoms with Crippen LogP contribution in [0.4, 0.5) is 0 Å². The summed E-state index contributed by atoms with van der Waals surface area (Å²) in [4.78, 5) is 16.1. The maximum Gasteiger partial charge on any atom is 0.0642 e. The standard InChI is InChI=1S/C24H54N6/c1-10-22(25(13-4)14-5)28-19-29(23(11-2)26(15-6)16-7)21-30(20-28)24(12-3)27(17-8)18-9/h22-24H,10-21H2,1-9H3. The highest BCUT2D eigenvalue weighted by atomic mass is 15.6. The first-order chi connectivity index (χ1) is 14.5. The molecule has 1 heterocycles. The molecule has 0 aliphatic carbocycles. The Bertz CT molecular complexity index is 354. The molecular formula is C24H54N6. The first-order valence-electron chi connectivity index (χ1n) is 12.9. The third kappa shape index (κ3) is 6.88. The fraction of sp³-hybridized carbons (Fsp3) is 1.00. The molecule has 0 aromatic carbocycles. The van der Waals surface area contributed by atoms with E-state index in [-0.39, 0.29) is 0 Å². The van der Waals surface area contributed by atoms with Crippen molar-refractivity contribution in [2.45, 2.75) is 100 Å². The summed E-state index contributed by atoms with van der Waals surface area (Å²) < 4.78 is 0. The fourth-order valence-electron chi connectivity index (χ4n) is 5.58. The smallest absolute Gasteiger partial charge is 0.0642 e. The highest BCUT2D eigenvalue weighted by molar-refractivity contribution is 4.83. The summed E-state index contributed by atoms with van der Waals surface area (Å²) >= 11 is 0. The number of hydrogen-bond acceptors (Lipinski definition) is 6. The predicted octanol–water partition coefficient (Wildman–Crippen LogP) is 4.01. The summed E-state index contributed by atoms with van der Waals surface area (Å²) in [6.45, 7) is 30.8. The zero-order valence-corrected chi connectivity index (χ0v) is 21.9. The van der Waals surface area contributed by atoms with Crippen molar-refractivity contribution in [1.82, 2.24) is 29.4 Å². The van der Waals surface area contributed by atoms with Gasteiger partial charge in [0.25, 0.3) is 0 Å². The molecule has 1 aliphatic heterocycles. The molecule has 6 nitrogen and oxygen atoms in total. The first kappa shape index (κ1) is 27.8. The van der Waals surface area contributed by atoms with Crippen LogP contribution in [0.2, 0.25) is 0 Å². The first-order valence-corrected chi connectivity index (χ1v) is 12.9. The maximum atomic E-state index is 2.74. The van der Waals surface area contributed by atoms with E-state index in [0.717, 1.165) is 59.3 Å². The van der Waals surface area contributed by atoms with Gasteiger partial charge in [-0.3, -0.25) is 29.4 Å². The Kier molecular flexibility index (Phi) is 13.7. The zero-order valence-electron chi connectivity index (χ0n) is 21.9. The van der Waals surface area contributed by atoms with Gasteiger partial charge in [0.1, 0.15) is 0 Å². The Morgan fingerprint density at radius 1 is 0.433 bits per heavy atom. The molecule has 3 atom stereocenters. The van der Waals surface area contributed by atoms with Gasteiger partial charge in [-0.15, -0.1) is 0 Å². The molecule has 0 aromatic heterocycles. The molecule has 1 fully saturated rings. The third-order valence-electron chi connectivity index (χ3n) is 7.15. The van der Waals surface area contributed by atoms with E-state index in [1.54, 1.807) is 0 Å². The maximum absolute atomic E-state index is 2.74. The predicted molar refractivity (Wildman–Crippen MR) is 131 cm³/mol. The second-order valence-corrected chi connectivity index (χ2v) is 8.52. The van der Waals surface area contributed by atoms with Crippen molar-refractivity contribution in [3.05, 3.63) is 0 Å². The van der Waals surface area contributed by atoms with E-state index < -0.39 is 0 Å². The lowest BCUT2D eigenvalue weighted by atomic mass is 10.2. The highest BCUT2D eigenvalue weighted by Crippen LogP contribution is 2.24. The van der Waals surface area contributed by atoms with E-state index in [4.69, 9.17) is 0 Å². The van der Waals surface area contributed by atoms with Crippen molar-refractivity contribution >= 4 is 0 Å². The van der Waals surface area contributed by atoms with Crippen LogP contribution in [0, 0.1) is 0 Å². The number of nitrogens with zero attached hydrogens (tertiary/aromatic N) is 6. The minimum atomic E-state index is 0.508. The normalized spacial score (nSPS) is 20.4. The average molecular weight is 427 g/mol. The van der Waals surface area contributed by atoms with Gasteiger partial charge in [0, 0.05) is 0 Å². The van der Waals surface area contributed by atoms with Crippen LogP contribution in [0.5, 0.6) is 0 Å². The van der Waals surface area contributed by atoms with Gasteiger partial charge >= 0.3 is 0 Å². The number of hydrogen-bond donors (Lipinski definition) is 0. The Hall–Kier alpha value is -0.240. The van der Waals surface area contributed by atoms with E-state index in [0.29, 0.717) is 18.5 Å². The summed E-state index contributed by atoms with van der Waals surface area (Å²) in [6, 6.07) is 0. The molecule has 0 amide bonds. The Balaban J connectivity index is 3.25. The molecule has 3 unspecified atom stereocenters. The summed E-state index contributed by atoms with van der Waals surface area (Å²) in [5, 5.41) is 0. The monoisotopic (exact) mass is 426 g/mol. The van der Waals surface area contributed by atoms with Crippen molar-refractivity contribution in [2.75, 3.05) is 59.3 Å². The SMILES string of the molecule is CCC(N(CC)CC)N1CN(C(CC)N(CC)CC)CN(C(CC)N(CC)CC)C1. The molecule has 0 saturated carbocycles. The molecule has 0 N–H and O–H groups in total. The van der Waals surface area contributed by atoms with E-state index in [9.17, 15) is 0 Å². The minimum Gasteiger partial charge on any atom is -0.288 e. The lowest BCUT2D eigenvalue weighted by molar-refractivity contribution is -0.154. The van der Waals surface area contributed by atoms with Crippen LogP contribution < -0.4 is 0 Å². The van der Waals surface area contributed by atoms with Crippen molar-refractivity contribution in [3.8, 4) is 0 Å². The van der Waals surface area contributed by atoms with E-state index in [2.05, 4.69) is 91.7 Å². The Morgan fingerprint density at radius 2 is 0.633 bits per heavy atom. The van der Waals surface area contributed by atoms with Crippen LogP contribution in [0.1, 0.15) is 81.6 Å². The largest absolute Gasteiger partial charge is 0.288 e. The molecule has 1 saturated heterocycles. The molecule has 1 rings (SSSR count). The number of rotatable bonds is 15. The Labute approximate surface area is 189 Å². The molecule has 6 heteroatoms. The average Bonchev–Trinajstić information content (AvgIpc) is 2.78.